The van der Waals surface area contributed by atoms with Crippen molar-refractivity contribution < 1.29 is 19.4 Å². The fourth-order valence-electron chi connectivity index (χ4n) is 3.51. The van der Waals surface area contributed by atoms with Crippen molar-refractivity contribution in [2.24, 2.45) is 5.73 Å². The van der Waals surface area contributed by atoms with E-state index >= 15 is 0 Å². The number of likely N-dealkylation sites (tertiary alicyclic amines) is 1. The fraction of sp³-hybridized carbons (Fsp3) is 0.227. The number of nitrogens with one attached hydrogen (secondary N) is 1. The van der Waals surface area contributed by atoms with Crippen LogP contribution in [0.5, 0.6) is 17.2 Å². The van der Waals surface area contributed by atoms with Gasteiger partial charge >= 0.3 is 0 Å². The summed E-state index contributed by atoms with van der Waals surface area (Å²) >= 11 is 11.9. The van der Waals surface area contributed by atoms with E-state index < -0.39 is 5.91 Å². The average Bonchev–Trinajstić information content (AvgIpc) is 3.21. The number of halogens is 1. The number of nitrogens with zero attached hydrogens (tertiary/aromatic N) is 2. The van der Waals surface area contributed by atoms with Crippen molar-refractivity contribution in [2.75, 3.05) is 25.5 Å². The summed E-state index contributed by atoms with van der Waals surface area (Å²) in [6, 6.07) is 10.1. The minimum absolute atomic E-state index is 0.232. The van der Waals surface area contributed by atoms with Gasteiger partial charge in [0.1, 0.15) is 17.2 Å². The molecule has 1 atom stereocenters. The number of amides is 1. The molecule has 0 aliphatic carbocycles. The first-order valence-corrected chi connectivity index (χ1v) is 10.6. The average molecular weight is 473 g/mol. The summed E-state index contributed by atoms with van der Waals surface area (Å²) < 4.78 is 11.3. The number of hydrogen-bond donors (Lipinski definition) is 3. The highest BCUT2D eigenvalue weighted by molar-refractivity contribution is 7.80. The van der Waals surface area contributed by atoms with E-state index in [4.69, 9.17) is 39.0 Å². The molecule has 1 aliphatic heterocycles. The maximum atomic E-state index is 11.8. The smallest absolute Gasteiger partial charge is 0.252 e. The Morgan fingerprint density at radius 3 is 2.78 bits per heavy atom. The van der Waals surface area contributed by atoms with Gasteiger partial charge in [-0.3, -0.25) is 9.78 Å². The van der Waals surface area contributed by atoms with Gasteiger partial charge in [-0.2, -0.15) is 0 Å². The number of fused-ring (bicyclic) bond motifs is 1. The number of ether oxygens (including phenoxy) is 2. The highest BCUT2D eigenvalue weighted by Gasteiger charge is 2.22. The van der Waals surface area contributed by atoms with Crippen LogP contribution in [0.3, 0.4) is 0 Å². The molecule has 1 amide bonds. The van der Waals surface area contributed by atoms with Gasteiger partial charge in [0.2, 0.25) is 0 Å². The summed E-state index contributed by atoms with van der Waals surface area (Å²) in [4.78, 5) is 18.0. The first-order chi connectivity index (χ1) is 15.4. The Balaban J connectivity index is 1.58. The second-order valence-electron chi connectivity index (χ2n) is 7.31. The summed E-state index contributed by atoms with van der Waals surface area (Å²) in [7, 11) is 1.46. The zero-order valence-electron chi connectivity index (χ0n) is 17.2. The third-order valence-electron chi connectivity index (χ3n) is 5.15. The number of aliphatic hydroxyl groups is 1. The van der Waals surface area contributed by atoms with Gasteiger partial charge in [-0.15, -0.1) is 0 Å². The third kappa shape index (κ3) is 4.55. The number of rotatable bonds is 5. The van der Waals surface area contributed by atoms with E-state index in [-0.39, 0.29) is 11.7 Å². The van der Waals surface area contributed by atoms with Crippen molar-refractivity contribution in [1.29, 1.82) is 0 Å². The Morgan fingerprint density at radius 1 is 1.31 bits per heavy atom. The molecule has 1 aromatic heterocycles. The van der Waals surface area contributed by atoms with Gasteiger partial charge in [-0.25, -0.2) is 0 Å². The zero-order valence-corrected chi connectivity index (χ0v) is 18.7. The Hall–Kier alpha value is -3.14. The number of β-amino-alcohol motifs (C(OH)–C–C–N with tert-alkyl or cyclic N) is 1. The highest BCUT2D eigenvalue weighted by Crippen LogP contribution is 2.35. The standard InChI is InChI=1S/C22H21ClN4O4S/c1-30-20-10-18-14(9-15(20)21(24)29)19(4-6-25-18)31-13-2-3-17(16(23)8-13)26-22(32)27-7-5-12(28)11-27/h2-4,6,8-10,12,28H,5,7,11H2,1H3,(H2,24,29)(H,26,32)/t12-/m0/s1. The number of thiocarbonyl (C=S) groups is 1. The van der Waals surface area contributed by atoms with E-state index in [0.717, 1.165) is 0 Å². The molecule has 1 aliphatic rings. The van der Waals surface area contributed by atoms with Crippen molar-refractivity contribution in [1.82, 2.24) is 9.88 Å². The predicted octanol–water partition coefficient (Wildman–Crippen LogP) is 3.55. The van der Waals surface area contributed by atoms with Crippen LogP contribution in [0.25, 0.3) is 10.9 Å². The summed E-state index contributed by atoms with van der Waals surface area (Å²) in [5.41, 5.74) is 6.93. The normalized spacial score (nSPS) is 15.6. The first-order valence-electron chi connectivity index (χ1n) is 9.83. The van der Waals surface area contributed by atoms with Gasteiger partial charge < -0.3 is 30.5 Å². The van der Waals surface area contributed by atoms with Crippen LogP contribution in [0.4, 0.5) is 5.69 Å². The molecule has 4 N–H and O–H groups in total. The number of carbonyl (C=O) groups excluding carboxylic acids is 1. The van der Waals surface area contributed by atoms with Crippen LogP contribution in [-0.2, 0) is 0 Å². The summed E-state index contributed by atoms with van der Waals surface area (Å²) in [6.45, 7) is 1.19. The number of primary amides is 1. The van der Waals surface area contributed by atoms with Gasteiger partial charge in [0.25, 0.3) is 5.91 Å². The van der Waals surface area contributed by atoms with Crippen LogP contribution in [-0.4, -0.2) is 52.3 Å². The third-order valence-corrected chi connectivity index (χ3v) is 5.82. The number of pyridine rings is 1. The number of nitrogens with two attached hydrogens (primary N) is 1. The molecule has 1 saturated heterocycles. The first kappa shape index (κ1) is 22.1. The summed E-state index contributed by atoms with van der Waals surface area (Å²) in [5, 5.41) is 14.3. The monoisotopic (exact) mass is 472 g/mol. The van der Waals surface area contributed by atoms with E-state index in [1.54, 1.807) is 42.6 Å². The van der Waals surface area contributed by atoms with Crippen molar-refractivity contribution in [3.8, 4) is 17.2 Å². The van der Waals surface area contributed by atoms with E-state index in [9.17, 15) is 9.90 Å². The summed E-state index contributed by atoms with van der Waals surface area (Å²) in [5.74, 6) is 0.707. The van der Waals surface area contributed by atoms with Gasteiger partial charge in [-0.1, -0.05) is 11.6 Å². The molecule has 0 radical (unpaired) electrons. The van der Waals surface area contributed by atoms with Crippen molar-refractivity contribution in [2.45, 2.75) is 12.5 Å². The predicted molar refractivity (Wildman–Crippen MR) is 127 cm³/mol. The van der Waals surface area contributed by atoms with Gasteiger partial charge in [0, 0.05) is 36.8 Å². The Labute approximate surface area is 194 Å². The highest BCUT2D eigenvalue weighted by atomic mass is 35.5. The van der Waals surface area contributed by atoms with Crippen LogP contribution in [0.15, 0.2) is 42.6 Å². The minimum Gasteiger partial charge on any atom is -0.496 e. The minimum atomic E-state index is -0.612. The largest absolute Gasteiger partial charge is 0.496 e. The Kier molecular flexibility index (Phi) is 6.31. The molecule has 10 heteroatoms. The molecule has 1 fully saturated rings. The number of benzene rings is 2. The topological polar surface area (TPSA) is 110 Å². The number of anilines is 1. The molecular weight excluding hydrogens is 452 g/mol. The van der Waals surface area contributed by atoms with E-state index in [1.807, 2.05) is 4.90 Å². The van der Waals surface area contributed by atoms with Crippen LogP contribution >= 0.6 is 23.8 Å². The second-order valence-corrected chi connectivity index (χ2v) is 8.10. The van der Waals surface area contributed by atoms with Crippen molar-refractivity contribution in [3.05, 3.63) is 53.2 Å². The molecule has 166 valence electrons. The number of methoxy groups -OCH3 is 1. The number of aliphatic hydroxyl groups excluding tert-OH is 1. The fourth-order valence-corrected chi connectivity index (χ4v) is 4.00. The molecule has 0 bridgehead atoms. The maximum absolute atomic E-state index is 11.8. The van der Waals surface area contributed by atoms with Gasteiger partial charge in [0.15, 0.2) is 5.11 Å². The van der Waals surface area contributed by atoms with Crippen LogP contribution in [0.2, 0.25) is 5.02 Å². The molecule has 2 heterocycles. The molecule has 32 heavy (non-hydrogen) atoms. The Bertz CT molecular complexity index is 1210. The molecule has 2 aromatic carbocycles. The number of aromatic nitrogens is 1. The summed E-state index contributed by atoms with van der Waals surface area (Å²) in [6.07, 6.45) is 1.92. The molecule has 0 spiro atoms. The molecular formula is C22H21ClN4O4S. The SMILES string of the molecule is COc1cc2nccc(Oc3ccc(NC(=S)N4CC[C@H](O)C4)c(Cl)c3)c2cc1C(N)=O. The Morgan fingerprint density at radius 2 is 2.12 bits per heavy atom. The zero-order chi connectivity index (χ0) is 22.8. The van der Waals surface area contributed by atoms with Gasteiger partial charge in [0.05, 0.1) is 35.0 Å². The molecule has 8 nitrogen and oxygen atoms in total. The van der Waals surface area contributed by atoms with E-state index in [1.165, 1.54) is 7.11 Å². The van der Waals surface area contributed by atoms with Crippen molar-refractivity contribution >= 4 is 51.4 Å². The molecule has 4 rings (SSSR count). The van der Waals surface area contributed by atoms with E-state index in [0.29, 0.717) is 63.5 Å². The molecule has 3 aromatic rings. The molecule has 0 unspecified atom stereocenters. The lowest BCUT2D eigenvalue weighted by Crippen LogP contribution is -2.33. The van der Waals surface area contributed by atoms with Crippen molar-refractivity contribution in [3.63, 3.8) is 0 Å². The number of carbonyl (C=O) groups is 1. The second kappa shape index (κ2) is 9.15. The quantitative estimate of drug-likeness (QED) is 0.483. The lowest BCUT2D eigenvalue weighted by molar-refractivity contribution is 0.0997. The van der Waals surface area contributed by atoms with Crippen LogP contribution in [0.1, 0.15) is 16.8 Å². The van der Waals surface area contributed by atoms with Gasteiger partial charge in [-0.05, 0) is 42.9 Å². The van der Waals surface area contributed by atoms with E-state index in [2.05, 4.69) is 10.3 Å². The number of hydrogen-bond acceptors (Lipinski definition) is 6. The van der Waals surface area contributed by atoms with Crippen LogP contribution < -0.4 is 20.5 Å². The molecule has 0 saturated carbocycles. The lowest BCUT2D eigenvalue weighted by atomic mass is 10.1. The maximum Gasteiger partial charge on any atom is 0.252 e. The van der Waals surface area contributed by atoms with Crippen LogP contribution in [0, 0.1) is 0 Å². The lowest BCUT2D eigenvalue weighted by Gasteiger charge is -2.20.